The van der Waals surface area contributed by atoms with E-state index in [0.29, 0.717) is 22.3 Å². The van der Waals surface area contributed by atoms with Gasteiger partial charge in [-0.15, -0.1) is 6.42 Å². The Morgan fingerprint density at radius 3 is 2.64 bits per heavy atom. The highest BCUT2D eigenvalue weighted by molar-refractivity contribution is 6.15. The van der Waals surface area contributed by atoms with Crippen molar-refractivity contribution in [1.29, 1.82) is 0 Å². The number of esters is 2. The lowest BCUT2D eigenvalue weighted by molar-refractivity contribution is 0.0443. The van der Waals surface area contributed by atoms with Crippen LogP contribution in [0.25, 0.3) is 0 Å². The molecule has 0 radical (unpaired) electrons. The molecular formula is C11H6O3. The highest BCUT2D eigenvalue weighted by Crippen LogP contribution is 2.25. The zero-order valence-electron chi connectivity index (χ0n) is 7.46. The van der Waals surface area contributed by atoms with Crippen LogP contribution in [-0.4, -0.2) is 11.9 Å². The average molecular weight is 186 g/mol. The minimum absolute atomic E-state index is 0.297. The molecule has 68 valence electrons. The van der Waals surface area contributed by atoms with Crippen LogP contribution in [0.3, 0.4) is 0 Å². The smallest absolute Gasteiger partial charge is 0.347 e. The molecule has 0 bridgehead atoms. The largest absolute Gasteiger partial charge is 0.386 e. The molecule has 0 saturated heterocycles. The Morgan fingerprint density at radius 1 is 1.29 bits per heavy atom. The molecule has 1 aliphatic heterocycles. The summed E-state index contributed by atoms with van der Waals surface area (Å²) in [6.45, 7) is 1.70. The van der Waals surface area contributed by atoms with Gasteiger partial charge < -0.3 is 4.74 Å². The number of benzene rings is 1. The van der Waals surface area contributed by atoms with E-state index in [4.69, 9.17) is 6.42 Å². The highest BCUT2D eigenvalue weighted by atomic mass is 16.6. The van der Waals surface area contributed by atoms with E-state index < -0.39 is 11.9 Å². The van der Waals surface area contributed by atoms with Crippen LogP contribution in [-0.2, 0) is 4.74 Å². The Hall–Kier alpha value is -2.08. The van der Waals surface area contributed by atoms with Gasteiger partial charge in [-0.05, 0) is 24.6 Å². The molecule has 3 heteroatoms. The number of cyclic esters (lactones) is 2. The number of hydrogen-bond acceptors (Lipinski definition) is 3. The first-order chi connectivity index (χ1) is 6.65. The first-order valence-corrected chi connectivity index (χ1v) is 4.02. The van der Waals surface area contributed by atoms with Crippen molar-refractivity contribution in [2.24, 2.45) is 0 Å². The van der Waals surface area contributed by atoms with Crippen molar-refractivity contribution >= 4 is 11.9 Å². The van der Waals surface area contributed by atoms with Crippen LogP contribution in [0.1, 0.15) is 31.8 Å². The van der Waals surface area contributed by atoms with Gasteiger partial charge in [-0.3, -0.25) is 0 Å². The van der Waals surface area contributed by atoms with Crippen molar-refractivity contribution < 1.29 is 14.3 Å². The summed E-state index contributed by atoms with van der Waals surface area (Å²) in [6.07, 6.45) is 5.24. The van der Waals surface area contributed by atoms with Crippen LogP contribution in [0.4, 0.5) is 0 Å². The molecule has 0 aromatic heterocycles. The van der Waals surface area contributed by atoms with Crippen molar-refractivity contribution in [2.75, 3.05) is 0 Å². The van der Waals surface area contributed by atoms with Crippen LogP contribution in [0.2, 0.25) is 0 Å². The van der Waals surface area contributed by atoms with Crippen LogP contribution in [0, 0.1) is 19.3 Å². The summed E-state index contributed by atoms with van der Waals surface area (Å²) in [5, 5.41) is 0. The molecule has 0 unspecified atom stereocenters. The molecule has 0 fully saturated rings. The molecular weight excluding hydrogens is 180 g/mol. The molecule has 0 saturated carbocycles. The van der Waals surface area contributed by atoms with Gasteiger partial charge in [0.1, 0.15) is 0 Å². The van der Waals surface area contributed by atoms with Gasteiger partial charge in [0.15, 0.2) is 0 Å². The Kier molecular flexibility index (Phi) is 1.65. The summed E-state index contributed by atoms with van der Waals surface area (Å²) >= 11 is 0. The quantitative estimate of drug-likeness (QED) is 0.348. The van der Waals surface area contributed by atoms with E-state index in [1.54, 1.807) is 13.0 Å². The molecule has 2 rings (SSSR count). The highest BCUT2D eigenvalue weighted by Gasteiger charge is 2.31. The topological polar surface area (TPSA) is 43.4 Å². The van der Waals surface area contributed by atoms with E-state index in [0.717, 1.165) is 0 Å². The van der Waals surface area contributed by atoms with Gasteiger partial charge in [0.2, 0.25) is 0 Å². The molecule has 1 aliphatic rings. The number of terminal acetylenes is 1. The van der Waals surface area contributed by atoms with E-state index in [1.807, 2.05) is 0 Å². The second-order valence-electron chi connectivity index (χ2n) is 2.98. The fourth-order valence-electron chi connectivity index (χ4n) is 1.49. The number of fused-ring (bicyclic) bond motifs is 1. The Morgan fingerprint density at radius 2 is 2.00 bits per heavy atom. The van der Waals surface area contributed by atoms with Gasteiger partial charge in [-0.2, -0.15) is 0 Å². The van der Waals surface area contributed by atoms with Crippen molar-refractivity contribution in [3.63, 3.8) is 0 Å². The van der Waals surface area contributed by atoms with Crippen LogP contribution < -0.4 is 0 Å². The third-order valence-corrected chi connectivity index (χ3v) is 2.23. The van der Waals surface area contributed by atoms with Gasteiger partial charge >= 0.3 is 11.9 Å². The maximum absolute atomic E-state index is 11.3. The first kappa shape index (κ1) is 8.52. The minimum Gasteiger partial charge on any atom is -0.386 e. The summed E-state index contributed by atoms with van der Waals surface area (Å²) in [4.78, 5) is 22.4. The van der Waals surface area contributed by atoms with E-state index >= 15 is 0 Å². The molecule has 1 aromatic rings. The third-order valence-electron chi connectivity index (χ3n) is 2.23. The number of carbonyl (C=O) groups excluding carboxylic acids is 2. The second kappa shape index (κ2) is 2.71. The van der Waals surface area contributed by atoms with Gasteiger partial charge in [-0.1, -0.05) is 5.92 Å². The molecule has 14 heavy (non-hydrogen) atoms. The zero-order chi connectivity index (χ0) is 10.3. The summed E-state index contributed by atoms with van der Waals surface area (Å²) in [7, 11) is 0. The van der Waals surface area contributed by atoms with Gasteiger partial charge in [0.05, 0.1) is 11.1 Å². The molecule has 0 atom stereocenters. The van der Waals surface area contributed by atoms with Gasteiger partial charge in [0.25, 0.3) is 0 Å². The summed E-state index contributed by atoms with van der Waals surface area (Å²) in [6, 6.07) is 3.15. The van der Waals surface area contributed by atoms with Crippen molar-refractivity contribution in [2.45, 2.75) is 6.92 Å². The Bertz CT molecular complexity index is 492. The average Bonchev–Trinajstić information content (AvgIpc) is 2.44. The van der Waals surface area contributed by atoms with Crippen LogP contribution in [0.5, 0.6) is 0 Å². The Labute approximate surface area is 80.7 Å². The molecule has 0 N–H and O–H groups in total. The van der Waals surface area contributed by atoms with Crippen LogP contribution >= 0.6 is 0 Å². The fourth-order valence-corrected chi connectivity index (χ4v) is 1.49. The lowest BCUT2D eigenvalue weighted by Crippen LogP contribution is -1.99. The minimum atomic E-state index is -0.611. The predicted octanol–water partition coefficient (Wildman–Crippen LogP) is 1.29. The lowest BCUT2D eigenvalue weighted by atomic mass is 9.99. The van der Waals surface area contributed by atoms with Crippen molar-refractivity contribution in [3.05, 3.63) is 34.4 Å². The van der Waals surface area contributed by atoms with Crippen molar-refractivity contribution in [1.82, 2.24) is 0 Å². The van der Waals surface area contributed by atoms with E-state index in [-0.39, 0.29) is 0 Å². The van der Waals surface area contributed by atoms with Crippen molar-refractivity contribution in [3.8, 4) is 12.3 Å². The third kappa shape index (κ3) is 0.944. The predicted molar refractivity (Wildman–Crippen MR) is 48.9 cm³/mol. The lowest BCUT2D eigenvalue weighted by Gasteiger charge is -2.00. The van der Waals surface area contributed by atoms with E-state index in [9.17, 15) is 9.59 Å². The van der Waals surface area contributed by atoms with E-state index in [1.165, 1.54) is 6.07 Å². The summed E-state index contributed by atoms with van der Waals surface area (Å²) in [5.41, 5.74) is 1.83. The number of hydrogen-bond donors (Lipinski definition) is 0. The number of carbonyl (C=O) groups is 2. The monoisotopic (exact) mass is 186 g/mol. The molecule has 3 nitrogen and oxygen atoms in total. The Balaban J connectivity index is 2.78. The second-order valence-corrected chi connectivity index (χ2v) is 2.98. The maximum Gasteiger partial charge on any atom is 0.347 e. The zero-order valence-corrected chi connectivity index (χ0v) is 7.46. The van der Waals surface area contributed by atoms with E-state index in [2.05, 4.69) is 10.7 Å². The summed E-state index contributed by atoms with van der Waals surface area (Å²) < 4.78 is 4.47. The fraction of sp³-hybridized carbons (Fsp3) is 0.0909. The van der Waals surface area contributed by atoms with Gasteiger partial charge in [0, 0.05) is 5.56 Å². The molecule has 1 aromatic carbocycles. The standard InChI is InChI=1S/C11H6O3/c1-3-7-4-5-8-9(6(7)2)11(13)14-10(8)12/h1,4-5H,2H3. The summed E-state index contributed by atoms with van der Waals surface area (Å²) in [5.74, 6) is 1.23. The SMILES string of the molecule is C#Cc1ccc2c(c1C)C(=O)OC2=O. The maximum atomic E-state index is 11.3. The molecule has 0 amide bonds. The van der Waals surface area contributed by atoms with Gasteiger partial charge in [-0.25, -0.2) is 9.59 Å². The molecule has 0 spiro atoms. The molecule has 0 aliphatic carbocycles. The number of rotatable bonds is 0. The normalized spacial score (nSPS) is 13.4. The molecule has 1 heterocycles. The first-order valence-electron chi connectivity index (χ1n) is 4.02. The van der Waals surface area contributed by atoms with Crippen LogP contribution in [0.15, 0.2) is 12.1 Å². The number of ether oxygens (including phenoxy) is 1.